The third-order valence-electron chi connectivity index (χ3n) is 3.83. The van der Waals surface area contributed by atoms with Crippen molar-refractivity contribution in [1.29, 1.82) is 0 Å². The Labute approximate surface area is 155 Å². The molecule has 0 amide bonds. The third kappa shape index (κ3) is 3.29. The predicted molar refractivity (Wildman–Crippen MR) is 96.4 cm³/mol. The van der Waals surface area contributed by atoms with Gasteiger partial charge in [0.15, 0.2) is 11.0 Å². The average molecular weight is 418 g/mol. The van der Waals surface area contributed by atoms with Crippen LogP contribution in [-0.2, 0) is 0 Å². The van der Waals surface area contributed by atoms with E-state index in [-0.39, 0.29) is 10.6 Å². The first kappa shape index (κ1) is 16.2. The van der Waals surface area contributed by atoms with E-state index in [9.17, 15) is 10.1 Å². The minimum absolute atomic E-state index is 0.0511. The van der Waals surface area contributed by atoms with Gasteiger partial charge >= 0.3 is 0 Å². The molecule has 1 aliphatic rings. The van der Waals surface area contributed by atoms with E-state index in [2.05, 4.69) is 35.7 Å². The van der Waals surface area contributed by atoms with Crippen molar-refractivity contribution in [1.82, 2.24) is 19.7 Å². The summed E-state index contributed by atoms with van der Waals surface area (Å²) in [7, 11) is 0. The molecule has 0 atom stereocenters. The zero-order valence-corrected chi connectivity index (χ0v) is 15.3. The van der Waals surface area contributed by atoms with E-state index in [1.807, 2.05) is 12.1 Å². The molecule has 4 rings (SSSR count). The van der Waals surface area contributed by atoms with E-state index in [1.54, 1.807) is 24.5 Å². The fraction of sp³-hybridized carbons (Fsp3) is 0.188. The molecule has 1 aromatic carbocycles. The second-order valence-corrected chi connectivity index (χ2v) is 7.54. The second kappa shape index (κ2) is 6.57. The lowest BCUT2D eigenvalue weighted by atomic mass is 10.2. The van der Waals surface area contributed by atoms with Crippen molar-refractivity contribution >= 4 is 33.4 Å². The molecule has 0 spiro atoms. The quantitative estimate of drug-likeness (QED) is 0.448. The molecule has 0 unspecified atom stereocenters. The normalized spacial score (nSPS) is 13.8. The van der Waals surface area contributed by atoms with Crippen LogP contribution in [0.3, 0.4) is 0 Å². The largest absolute Gasteiger partial charge is 0.299 e. The first-order valence-corrected chi connectivity index (χ1v) is 9.21. The summed E-state index contributed by atoms with van der Waals surface area (Å²) in [6.07, 6.45) is 5.56. The van der Waals surface area contributed by atoms with Crippen LogP contribution < -0.4 is 0 Å². The summed E-state index contributed by atoms with van der Waals surface area (Å²) in [6, 6.07) is 9.14. The van der Waals surface area contributed by atoms with Crippen molar-refractivity contribution in [3.8, 4) is 11.4 Å². The molecule has 2 aromatic heterocycles. The summed E-state index contributed by atoms with van der Waals surface area (Å²) in [6.45, 7) is 0. The van der Waals surface area contributed by atoms with E-state index < -0.39 is 0 Å². The standard InChI is InChI=1S/C16H12BrN5O2S/c17-11-1-4-14(13(9-11)22(23)24)25-16-20-19-15(21(16)12-2-3-12)10-5-7-18-8-6-10/h1,4-9,12H,2-3H2. The summed E-state index contributed by atoms with van der Waals surface area (Å²) in [4.78, 5) is 15.5. The van der Waals surface area contributed by atoms with Gasteiger partial charge in [0.05, 0.1) is 9.82 Å². The number of rotatable bonds is 5. The maximum absolute atomic E-state index is 11.3. The zero-order valence-electron chi connectivity index (χ0n) is 12.9. The van der Waals surface area contributed by atoms with Gasteiger partial charge in [0.2, 0.25) is 0 Å². The molecule has 1 aliphatic carbocycles. The number of hydrogen-bond donors (Lipinski definition) is 0. The Bertz CT molecular complexity index is 943. The average Bonchev–Trinajstić information content (AvgIpc) is 3.37. The maximum Gasteiger partial charge on any atom is 0.284 e. The highest BCUT2D eigenvalue weighted by Gasteiger charge is 2.31. The number of nitro groups is 1. The van der Waals surface area contributed by atoms with Gasteiger partial charge < -0.3 is 0 Å². The second-order valence-electron chi connectivity index (χ2n) is 5.61. The lowest BCUT2D eigenvalue weighted by molar-refractivity contribution is -0.387. The topological polar surface area (TPSA) is 86.7 Å². The van der Waals surface area contributed by atoms with Crippen LogP contribution in [0.5, 0.6) is 0 Å². The Morgan fingerprint density at radius 1 is 1.20 bits per heavy atom. The molecule has 0 bridgehead atoms. The summed E-state index contributed by atoms with van der Waals surface area (Å²) in [5.74, 6) is 0.771. The number of aromatic nitrogens is 4. The van der Waals surface area contributed by atoms with Gasteiger partial charge in [-0.15, -0.1) is 10.2 Å². The van der Waals surface area contributed by atoms with Crippen molar-refractivity contribution in [3.05, 3.63) is 57.3 Å². The van der Waals surface area contributed by atoms with Crippen LogP contribution in [0.4, 0.5) is 5.69 Å². The maximum atomic E-state index is 11.3. The van der Waals surface area contributed by atoms with E-state index in [0.717, 1.165) is 24.2 Å². The molecule has 25 heavy (non-hydrogen) atoms. The fourth-order valence-electron chi connectivity index (χ4n) is 2.52. The smallest absolute Gasteiger partial charge is 0.284 e. The van der Waals surface area contributed by atoms with E-state index in [0.29, 0.717) is 20.6 Å². The third-order valence-corrected chi connectivity index (χ3v) is 5.35. The van der Waals surface area contributed by atoms with Gasteiger partial charge in [0.1, 0.15) is 0 Å². The molecule has 0 aliphatic heterocycles. The Balaban J connectivity index is 1.75. The molecule has 0 N–H and O–H groups in total. The van der Waals surface area contributed by atoms with Gasteiger partial charge in [0, 0.05) is 34.5 Å². The Morgan fingerprint density at radius 3 is 2.64 bits per heavy atom. The van der Waals surface area contributed by atoms with Crippen molar-refractivity contribution in [3.63, 3.8) is 0 Å². The van der Waals surface area contributed by atoms with Crippen LogP contribution in [0.1, 0.15) is 18.9 Å². The minimum atomic E-state index is -0.380. The van der Waals surface area contributed by atoms with Gasteiger partial charge in [-0.1, -0.05) is 15.9 Å². The van der Waals surface area contributed by atoms with Gasteiger partial charge in [-0.2, -0.15) is 0 Å². The van der Waals surface area contributed by atoms with Crippen molar-refractivity contribution in [2.45, 2.75) is 28.9 Å². The van der Waals surface area contributed by atoms with Crippen LogP contribution >= 0.6 is 27.7 Å². The molecule has 1 saturated carbocycles. The Morgan fingerprint density at radius 2 is 1.96 bits per heavy atom. The Hall–Kier alpha value is -2.26. The summed E-state index contributed by atoms with van der Waals surface area (Å²) >= 11 is 4.55. The van der Waals surface area contributed by atoms with Crippen molar-refractivity contribution in [2.75, 3.05) is 0 Å². The number of halogens is 1. The molecule has 0 saturated heterocycles. The van der Waals surface area contributed by atoms with Crippen LogP contribution in [-0.4, -0.2) is 24.7 Å². The highest BCUT2D eigenvalue weighted by atomic mass is 79.9. The molecular weight excluding hydrogens is 406 g/mol. The fourth-order valence-corrected chi connectivity index (χ4v) is 3.86. The minimum Gasteiger partial charge on any atom is -0.299 e. The van der Waals surface area contributed by atoms with Crippen LogP contribution in [0.15, 0.2) is 57.3 Å². The van der Waals surface area contributed by atoms with E-state index in [1.165, 1.54) is 17.8 Å². The monoisotopic (exact) mass is 417 g/mol. The highest BCUT2D eigenvalue weighted by Crippen LogP contribution is 2.43. The number of nitro benzene ring substituents is 1. The van der Waals surface area contributed by atoms with E-state index in [4.69, 9.17) is 0 Å². The summed E-state index contributed by atoms with van der Waals surface area (Å²) < 4.78 is 2.75. The van der Waals surface area contributed by atoms with Gasteiger partial charge in [-0.25, -0.2) is 0 Å². The lowest BCUT2D eigenvalue weighted by Crippen LogP contribution is -2.00. The first-order chi connectivity index (χ1) is 12.1. The highest BCUT2D eigenvalue weighted by molar-refractivity contribution is 9.10. The summed E-state index contributed by atoms with van der Waals surface area (Å²) in [5, 5.41) is 20.6. The first-order valence-electron chi connectivity index (χ1n) is 7.60. The SMILES string of the molecule is O=[N+]([O-])c1cc(Br)ccc1Sc1nnc(-c2ccncc2)n1C1CC1. The zero-order chi connectivity index (χ0) is 17.4. The van der Waals surface area contributed by atoms with Gasteiger partial charge in [-0.3, -0.25) is 19.7 Å². The van der Waals surface area contributed by atoms with Crippen LogP contribution in [0.25, 0.3) is 11.4 Å². The number of pyridine rings is 1. The van der Waals surface area contributed by atoms with Crippen molar-refractivity contribution in [2.24, 2.45) is 0 Å². The number of hydrogen-bond acceptors (Lipinski definition) is 6. The molecular formula is C16H12BrN5O2S. The Kier molecular flexibility index (Phi) is 4.26. The van der Waals surface area contributed by atoms with E-state index >= 15 is 0 Å². The van der Waals surface area contributed by atoms with Gasteiger partial charge in [-0.05, 0) is 48.9 Å². The lowest BCUT2D eigenvalue weighted by Gasteiger charge is -2.09. The molecule has 3 aromatic rings. The molecule has 9 heteroatoms. The molecule has 7 nitrogen and oxygen atoms in total. The molecule has 0 radical (unpaired) electrons. The van der Waals surface area contributed by atoms with Crippen LogP contribution in [0.2, 0.25) is 0 Å². The summed E-state index contributed by atoms with van der Waals surface area (Å²) in [5.41, 5.74) is 0.988. The predicted octanol–water partition coefficient (Wildman–Crippen LogP) is 4.50. The molecule has 126 valence electrons. The number of benzene rings is 1. The molecule has 1 fully saturated rings. The van der Waals surface area contributed by atoms with Gasteiger partial charge in [0.25, 0.3) is 5.69 Å². The van der Waals surface area contributed by atoms with Crippen LogP contribution in [0, 0.1) is 10.1 Å². The van der Waals surface area contributed by atoms with Crippen molar-refractivity contribution < 1.29 is 4.92 Å². The molecule has 2 heterocycles. The number of nitrogens with zero attached hydrogens (tertiary/aromatic N) is 5.